The molecule has 2 aromatic rings. The lowest BCUT2D eigenvalue weighted by molar-refractivity contribution is -0.154. The first-order chi connectivity index (χ1) is 10.6. The number of anilines is 1. The van der Waals surface area contributed by atoms with Gasteiger partial charge in [0.05, 0.1) is 12.2 Å². The zero-order valence-corrected chi connectivity index (χ0v) is 11.9. The van der Waals surface area contributed by atoms with Crippen molar-refractivity contribution in [1.29, 1.82) is 0 Å². The van der Waals surface area contributed by atoms with Crippen molar-refractivity contribution < 1.29 is 18.7 Å². The van der Waals surface area contributed by atoms with E-state index in [0.717, 1.165) is 5.76 Å². The number of furan rings is 1. The van der Waals surface area contributed by atoms with Crippen LogP contribution < -0.4 is 5.32 Å². The van der Waals surface area contributed by atoms with Gasteiger partial charge in [-0.25, -0.2) is 9.97 Å². The molecule has 0 saturated heterocycles. The number of carbonyl (C=O) groups excluding carboxylic acids is 2. The van der Waals surface area contributed by atoms with Crippen molar-refractivity contribution >= 4 is 17.8 Å². The molecule has 0 aromatic carbocycles. The summed E-state index contributed by atoms with van der Waals surface area (Å²) in [4.78, 5) is 31.7. The maximum Gasteiger partial charge on any atom is 0.310 e. The molecule has 114 valence electrons. The fourth-order valence-corrected chi connectivity index (χ4v) is 2.16. The minimum absolute atomic E-state index is 0.0511. The van der Waals surface area contributed by atoms with Gasteiger partial charge in [0.2, 0.25) is 5.95 Å². The van der Waals surface area contributed by atoms with Crippen molar-refractivity contribution in [2.75, 3.05) is 5.32 Å². The lowest BCUT2D eigenvalue weighted by Gasteiger charge is -2.12. The number of nitrogens with one attached hydrogen (secondary N) is 1. The quantitative estimate of drug-likeness (QED) is 0.845. The van der Waals surface area contributed by atoms with Gasteiger partial charge >= 0.3 is 5.97 Å². The molecule has 22 heavy (non-hydrogen) atoms. The summed E-state index contributed by atoms with van der Waals surface area (Å²) in [5, 5.41) is 2.49. The van der Waals surface area contributed by atoms with E-state index in [-0.39, 0.29) is 17.8 Å². The molecule has 7 nitrogen and oxygen atoms in total. The van der Waals surface area contributed by atoms with E-state index in [1.807, 2.05) is 6.07 Å². The summed E-state index contributed by atoms with van der Waals surface area (Å²) < 4.78 is 10.5. The Morgan fingerprint density at radius 1 is 1.36 bits per heavy atom. The monoisotopic (exact) mass is 301 g/mol. The Hall–Kier alpha value is -2.70. The lowest BCUT2D eigenvalue weighted by Crippen LogP contribution is -2.31. The molecule has 7 heteroatoms. The third kappa shape index (κ3) is 3.13. The second kappa shape index (κ2) is 5.97. The molecule has 0 bridgehead atoms. The average Bonchev–Trinajstić information content (AvgIpc) is 3.14. The molecule has 1 aliphatic rings. The van der Waals surface area contributed by atoms with Crippen molar-refractivity contribution in [1.82, 2.24) is 9.97 Å². The van der Waals surface area contributed by atoms with Crippen LogP contribution in [-0.4, -0.2) is 27.9 Å². The number of ether oxygens (including phenoxy) is 1. The van der Waals surface area contributed by atoms with Gasteiger partial charge in [-0.15, -0.1) is 0 Å². The molecule has 1 aliphatic carbocycles. The Balaban J connectivity index is 1.50. The van der Waals surface area contributed by atoms with E-state index in [4.69, 9.17) is 9.15 Å². The Labute approximate surface area is 126 Å². The topological polar surface area (TPSA) is 94.3 Å². The van der Waals surface area contributed by atoms with Gasteiger partial charge in [-0.05, 0) is 31.5 Å². The molecule has 1 saturated carbocycles. The number of hydrogen-bond acceptors (Lipinski definition) is 6. The van der Waals surface area contributed by atoms with E-state index in [0.29, 0.717) is 6.42 Å². The van der Waals surface area contributed by atoms with Crippen LogP contribution in [0.5, 0.6) is 0 Å². The summed E-state index contributed by atoms with van der Waals surface area (Å²) in [7, 11) is 0. The number of amides is 1. The summed E-state index contributed by atoms with van der Waals surface area (Å²) in [6.45, 7) is 1.51. The number of carbonyl (C=O) groups is 2. The molecule has 1 fully saturated rings. The SMILES string of the molecule is C[C@H](OC(=O)[C@@H]1C[C@@H]1c1ccco1)C(=O)Nc1ncccn1. The minimum atomic E-state index is -0.908. The van der Waals surface area contributed by atoms with Crippen molar-refractivity contribution in [2.45, 2.75) is 25.4 Å². The molecule has 0 aliphatic heterocycles. The van der Waals surface area contributed by atoms with Crippen LogP contribution in [0.3, 0.4) is 0 Å². The van der Waals surface area contributed by atoms with E-state index in [1.54, 1.807) is 18.4 Å². The van der Waals surface area contributed by atoms with Crippen LogP contribution in [0.1, 0.15) is 25.0 Å². The number of rotatable bonds is 5. The van der Waals surface area contributed by atoms with Crippen LogP contribution in [0.4, 0.5) is 5.95 Å². The standard InChI is InChI=1S/C15H15N3O4/c1-9(13(19)18-15-16-5-3-6-17-15)22-14(20)11-8-10(11)12-4-2-7-21-12/h2-7,9-11H,8H2,1H3,(H,16,17,18,19)/t9-,10-,11+/m0/s1. The van der Waals surface area contributed by atoms with Crippen LogP contribution in [0.25, 0.3) is 0 Å². The third-order valence-corrected chi connectivity index (χ3v) is 3.46. The predicted molar refractivity (Wildman–Crippen MR) is 75.8 cm³/mol. The number of esters is 1. The summed E-state index contributed by atoms with van der Waals surface area (Å²) in [6, 6.07) is 5.26. The van der Waals surface area contributed by atoms with Crippen LogP contribution >= 0.6 is 0 Å². The van der Waals surface area contributed by atoms with E-state index >= 15 is 0 Å². The fraction of sp³-hybridized carbons (Fsp3) is 0.333. The largest absolute Gasteiger partial charge is 0.469 e. The highest BCUT2D eigenvalue weighted by atomic mass is 16.5. The molecular weight excluding hydrogens is 286 g/mol. The first-order valence-corrected chi connectivity index (χ1v) is 6.97. The highest BCUT2D eigenvalue weighted by molar-refractivity contribution is 5.94. The van der Waals surface area contributed by atoms with Gasteiger partial charge in [-0.3, -0.25) is 14.9 Å². The maximum absolute atomic E-state index is 12.0. The second-order valence-electron chi connectivity index (χ2n) is 5.10. The summed E-state index contributed by atoms with van der Waals surface area (Å²) >= 11 is 0. The predicted octanol–water partition coefficient (Wildman–Crippen LogP) is 1.74. The van der Waals surface area contributed by atoms with Crippen molar-refractivity contribution in [2.24, 2.45) is 5.92 Å². The second-order valence-corrected chi connectivity index (χ2v) is 5.10. The zero-order chi connectivity index (χ0) is 15.5. The first kappa shape index (κ1) is 14.2. The Kier molecular flexibility index (Phi) is 3.86. The molecule has 2 heterocycles. The average molecular weight is 301 g/mol. The number of nitrogens with zero attached hydrogens (tertiary/aromatic N) is 2. The number of aromatic nitrogens is 2. The summed E-state index contributed by atoms with van der Waals surface area (Å²) in [6.07, 6.45) is 4.37. The third-order valence-electron chi connectivity index (χ3n) is 3.46. The molecule has 0 radical (unpaired) electrons. The van der Waals surface area contributed by atoms with Crippen LogP contribution in [0, 0.1) is 5.92 Å². The molecule has 0 spiro atoms. The molecular formula is C15H15N3O4. The van der Waals surface area contributed by atoms with Gasteiger partial charge in [0, 0.05) is 18.3 Å². The van der Waals surface area contributed by atoms with Gasteiger partial charge in [0.15, 0.2) is 6.10 Å². The zero-order valence-electron chi connectivity index (χ0n) is 11.9. The highest BCUT2D eigenvalue weighted by Crippen LogP contribution is 2.48. The summed E-state index contributed by atoms with van der Waals surface area (Å²) in [5.41, 5.74) is 0. The Morgan fingerprint density at radius 2 is 2.14 bits per heavy atom. The van der Waals surface area contributed by atoms with Crippen LogP contribution in [0.15, 0.2) is 41.3 Å². The number of hydrogen-bond donors (Lipinski definition) is 1. The lowest BCUT2D eigenvalue weighted by atomic mass is 10.2. The Bertz CT molecular complexity index is 657. The normalized spacial score (nSPS) is 21.0. The van der Waals surface area contributed by atoms with Gasteiger partial charge in [0.25, 0.3) is 5.91 Å². The molecule has 2 aromatic heterocycles. The van der Waals surface area contributed by atoms with Crippen molar-refractivity contribution in [3.63, 3.8) is 0 Å². The maximum atomic E-state index is 12.0. The molecule has 0 unspecified atom stereocenters. The fourth-order valence-electron chi connectivity index (χ4n) is 2.16. The Morgan fingerprint density at radius 3 is 2.82 bits per heavy atom. The molecule has 1 N–H and O–H groups in total. The van der Waals surface area contributed by atoms with Gasteiger partial charge < -0.3 is 9.15 Å². The van der Waals surface area contributed by atoms with Gasteiger partial charge in [-0.2, -0.15) is 0 Å². The van der Waals surface area contributed by atoms with Crippen LogP contribution in [0.2, 0.25) is 0 Å². The molecule has 3 rings (SSSR count). The van der Waals surface area contributed by atoms with Gasteiger partial charge in [-0.1, -0.05) is 0 Å². The van der Waals surface area contributed by atoms with Crippen molar-refractivity contribution in [3.8, 4) is 0 Å². The van der Waals surface area contributed by atoms with Crippen LogP contribution in [-0.2, 0) is 14.3 Å². The molecule has 3 atom stereocenters. The first-order valence-electron chi connectivity index (χ1n) is 6.97. The van der Waals surface area contributed by atoms with E-state index in [2.05, 4.69) is 15.3 Å². The van der Waals surface area contributed by atoms with E-state index in [1.165, 1.54) is 19.3 Å². The highest BCUT2D eigenvalue weighted by Gasteiger charge is 2.47. The van der Waals surface area contributed by atoms with E-state index < -0.39 is 18.0 Å². The summed E-state index contributed by atoms with van der Waals surface area (Å²) in [5.74, 6) is -0.0932. The van der Waals surface area contributed by atoms with Crippen molar-refractivity contribution in [3.05, 3.63) is 42.6 Å². The molecule has 1 amide bonds. The van der Waals surface area contributed by atoms with E-state index in [9.17, 15) is 9.59 Å². The minimum Gasteiger partial charge on any atom is -0.469 e. The smallest absolute Gasteiger partial charge is 0.310 e. The van der Waals surface area contributed by atoms with Gasteiger partial charge in [0.1, 0.15) is 5.76 Å².